The molecule has 1 aromatic rings. The minimum absolute atomic E-state index is 0.001000. The van der Waals surface area contributed by atoms with E-state index in [2.05, 4.69) is 0 Å². The number of benzene rings is 1. The third kappa shape index (κ3) is 3.42. The Morgan fingerprint density at radius 2 is 1.96 bits per heavy atom. The van der Waals surface area contributed by atoms with E-state index in [-0.39, 0.29) is 24.3 Å². The van der Waals surface area contributed by atoms with Crippen molar-refractivity contribution in [2.75, 3.05) is 20.2 Å². The Balaban J connectivity index is 0.00000100. The lowest BCUT2D eigenvalue weighted by molar-refractivity contribution is -0.151. The van der Waals surface area contributed by atoms with E-state index in [9.17, 15) is 14.4 Å². The highest BCUT2D eigenvalue weighted by atomic mass is 16.5. The fourth-order valence-electron chi connectivity index (χ4n) is 3.14. The number of rotatable bonds is 3. The third-order valence-corrected chi connectivity index (χ3v) is 4.27. The monoisotopic (exact) mass is 332 g/mol. The number of fused-ring (bicyclic) bond motifs is 1. The molecule has 0 bridgehead atoms. The summed E-state index contributed by atoms with van der Waals surface area (Å²) in [6, 6.07) is 6.85. The van der Waals surface area contributed by atoms with Crippen molar-refractivity contribution in [3.63, 3.8) is 0 Å². The molecule has 2 amide bonds. The number of methoxy groups -OCH3 is 1. The van der Waals surface area contributed by atoms with Crippen molar-refractivity contribution in [2.45, 2.75) is 39.3 Å². The maximum absolute atomic E-state index is 12.5. The highest BCUT2D eigenvalue weighted by Crippen LogP contribution is 2.24. The van der Waals surface area contributed by atoms with E-state index in [0.29, 0.717) is 25.1 Å². The molecule has 1 unspecified atom stereocenters. The minimum Gasteiger partial charge on any atom is -0.467 e. The Morgan fingerprint density at radius 3 is 2.62 bits per heavy atom. The van der Waals surface area contributed by atoms with Crippen LogP contribution in [0.2, 0.25) is 0 Å². The number of amides is 2. The summed E-state index contributed by atoms with van der Waals surface area (Å²) in [6.07, 6.45) is 1.40. The molecule has 0 aromatic heterocycles. The average Bonchev–Trinajstić information content (AvgIpc) is 3.22. The van der Waals surface area contributed by atoms with E-state index in [1.165, 1.54) is 16.9 Å². The highest BCUT2D eigenvalue weighted by Gasteiger charge is 2.37. The molecule has 0 N–H and O–H groups in total. The molecule has 1 aromatic carbocycles. The summed E-state index contributed by atoms with van der Waals surface area (Å²) in [4.78, 5) is 39.5. The zero-order chi connectivity index (χ0) is 17.7. The maximum atomic E-state index is 12.5. The molecule has 0 spiro atoms. The fourth-order valence-corrected chi connectivity index (χ4v) is 3.14. The molecule has 1 atom stereocenters. The summed E-state index contributed by atoms with van der Waals surface area (Å²) in [6.45, 7) is 4.98. The summed E-state index contributed by atoms with van der Waals surface area (Å²) >= 11 is 0. The SMILES string of the molecule is CC.COC(=O)C1CCCN1C(=O)CN1Cc2ccccc2C1=O. The Kier molecular flexibility index (Phi) is 5.95. The summed E-state index contributed by atoms with van der Waals surface area (Å²) in [7, 11) is 1.32. The molecule has 0 radical (unpaired) electrons. The maximum Gasteiger partial charge on any atom is 0.328 e. The van der Waals surface area contributed by atoms with Gasteiger partial charge >= 0.3 is 5.97 Å². The summed E-state index contributed by atoms with van der Waals surface area (Å²) in [5.41, 5.74) is 1.59. The normalized spacial score (nSPS) is 18.8. The van der Waals surface area contributed by atoms with Gasteiger partial charge in [-0.3, -0.25) is 9.59 Å². The van der Waals surface area contributed by atoms with Gasteiger partial charge in [0.05, 0.1) is 7.11 Å². The zero-order valence-corrected chi connectivity index (χ0v) is 14.4. The van der Waals surface area contributed by atoms with Crippen LogP contribution in [-0.2, 0) is 20.9 Å². The van der Waals surface area contributed by atoms with E-state index >= 15 is 0 Å². The van der Waals surface area contributed by atoms with Gasteiger partial charge in [0, 0.05) is 18.7 Å². The molecule has 2 heterocycles. The molecule has 1 fully saturated rings. The Morgan fingerprint density at radius 1 is 1.25 bits per heavy atom. The topological polar surface area (TPSA) is 66.9 Å². The van der Waals surface area contributed by atoms with Crippen molar-refractivity contribution in [3.8, 4) is 0 Å². The van der Waals surface area contributed by atoms with E-state index in [0.717, 1.165) is 12.0 Å². The number of ether oxygens (including phenoxy) is 1. The van der Waals surface area contributed by atoms with E-state index in [1.807, 2.05) is 32.0 Å². The highest BCUT2D eigenvalue weighted by molar-refractivity contribution is 6.00. The summed E-state index contributed by atoms with van der Waals surface area (Å²) in [5, 5.41) is 0. The van der Waals surface area contributed by atoms with Crippen LogP contribution in [0.15, 0.2) is 24.3 Å². The van der Waals surface area contributed by atoms with Crippen molar-refractivity contribution in [3.05, 3.63) is 35.4 Å². The fraction of sp³-hybridized carbons (Fsp3) is 0.500. The predicted octanol–water partition coefficient (Wildman–Crippen LogP) is 1.83. The molecule has 130 valence electrons. The zero-order valence-electron chi connectivity index (χ0n) is 14.4. The van der Waals surface area contributed by atoms with E-state index in [4.69, 9.17) is 4.74 Å². The molecular weight excluding hydrogens is 308 g/mol. The van der Waals surface area contributed by atoms with Gasteiger partial charge in [-0.15, -0.1) is 0 Å². The van der Waals surface area contributed by atoms with Crippen molar-refractivity contribution >= 4 is 17.8 Å². The smallest absolute Gasteiger partial charge is 0.328 e. The number of hydrogen-bond acceptors (Lipinski definition) is 4. The first kappa shape index (κ1) is 18.0. The van der Waals surface area contributed by atoms with Crippen molar-refractivity contribution in [1.82, 2.24) is 9.80 Å². The van der Waals surface area contributed by atoms with Gasteiger partial charge in [-0.25, -0.2) is 4.79 Å². The number of esters is 1. The van der Waals surface area contributed by atoms with Crippen LogP contribution in [0, 0.1) is 0 Å². The quantitative estimate of drug-likeness (QED) is 0.792. The number of carbonyl (C=O) groups is 3. The van der Waals surface area contributed by atoms with Gasteiger partial charge in [0.15, 0.2) is 0 Å². The van der Waals surface area contributed by atoms with Crippen LogP contribution >= 0.6 is 0 Å². The molecule has 6 nitrogen and oxygen atoms in total. The van der Waals surface area contributed by atoms with Crippen molar-refractivity contribution in [1.29, 1.82) is 0 Å². The van der Waals surface area contributed by atoms with Crippen molar-refractivity contribution in [2.24, 2.45) is 0 Å². The molecule has 0 aliphatic carbocycles. The van der Waals surface area contributed by atoms with Gasteiger partial charge in [-0.1, -0.05) is 32.0 Å². The third-order valence-electron chi connectivity index (χ3n) is 4.27. The van der Waals surface area contributed by atoms with Crippen molar-refractivity contribution < 1.29 is 19.1 Å². The molecule has 1 saturated heterocycles. The molecule has 2 aliphatic heterocycles. The molecule has 6 heteroatoms. The van der Waals surface area contributed by atoms with Crippen LogP contribution in [0.1, 0.15) is 42.6 Å². The van der Waals surface area contributed by atoms with Crippen LogP contribution in [0.4, 0.5) is 0 Å². The lowest BCUT2D eigenvalue weighted by Crippen LogP contribution is -2.46. The largest absolute Gasteiger partial charge is 0.467 e. The van der Waals surface area contributed by atoms with Crippen LogP contribution < -0.4 is 0 Å². The first-order chi connectivity index (χ1) is 11.6. The predicted molar refractivity (Wildman–Crippen MR) is 89.3 cm³/mol. The first-order valence-electron chi connectivity index (χ1n) is 8.36. The van der Waals surface area contributed by atoms with E-state index in [1.54, 1.807) is 6.07 Å². The standard InChI is InChI=1S/C16H18N2O4.C2H6/c1-22-16(21)13-7-4-8-18(13)14(19)10-17-9-11-5-2-3-6-12(11)15(17)20;1-2/h2-3,5-6,13H,4,7-10H2,1H3;1-2H3. The summed E-state index contributed by atoms with van der Waals surface area (Å²) < 4.78 is 4.74. The van der Waals surface area contributed by atoms with Crippen LogP contribution in [0.3, 0.4) is 0 Å². The summed E-state index contributed by atoms with van der Waals surface area (Å²) in [5.74, 6) is -0.714. The van der Waals surface area contributed by atoms with Gasteiger partial charge < -0.3 is 14.5 Å². The van der Waals surface area contributed by atoms with Gasteiger partial charge in [0.25, 0.3) is 5.91 Å². The Hall–Kier alpha value is -2.37. The molecule has 2 aliphatic rings. The number of hydrogen-bond donors (Lipinski definition) is 0. The molecule has 24 heavy (non-hydrogen) atoms. The van der Waals surface area contributed by atoms with Crippen LogP contribution in [0.25, 0.3) is 0 Å². The number of nitrogens with zero attached hydrogens (tertiary/aromatic N) is 2. The first-order valence-corrected chi connectivity index (χ1v) is 8.36. The lowest BCUT2D eigenvalue weighted by atomic mass is 10.1. The second-order valence-electron chi connectivity index (χ2n) is 5.59. The second-order valence-corrected chi connectivity index (χ2v) is 5.59. The second kappa shape index (κ2) is 7.95. The number of likely N-dealkylation sites (tertiary alicyclic amines) is 1. The average molecular weight is 332 g/mol. The van der Waals surface area contributed by atoms with Crippen LogP contribution in [-0.4, -0.2) is 53.8 Å². The molecule has 0 saturated carbocycles. The lowest BCUT2D eigenvalue weighted by Gasteiger charge is -2.25. The Bertz CT molecular complexity index is 629. The van der Waals surface area contributed by atoms with Gasteiger partial charge in [-0.05, 0) is 24.5 Å². The van der Waals surface area contributed by atoms with Gasteiger partial charge in [-0.2, -0.15) is 0 Å². The van der Waals surface area contributed by atoms with Gasteiger partial charge in [0.2, 0.25) is 5.91 Å². The molecular formula is C18H24N2O4. The van der Waals surface area contributed by atoms with Crippen LogP contribution in [0.5, 0.6) is 0 Å². The van der Waals surface area contributed by atoms with E-state index < -0.39 is 6.04 Å². The number of carbonyl (C=O) groups excluding carboxylic acids is 3. The van der Waals surface area contributed by atoms with Gasteiger partial charge in [0.1, 0.15) is 12.6 Å². The Labute approximate surface area is 142 Å². The minimum atomic E-state index is -0.516. The molecule has 3 rings (SSSR count).